The van der Waals surface area contributed by atoms with Gasteiger partial charge in [0.05, 0.1) is 11.6 Å². The molecule has 25 heavy (non-hydrogen) atoms. The molecule has 130 valence electrons. The van der Waals surface area contributed by atoms with Gasteiger partial charge >= 0.3 is 0 Å². The van der Waals surface area contributed by atoms with E-state index in [1.54, 1.807) is 30.7 Å². The molecule has 0 bridgehead atoms. The fourth-order valence-electron chi connectivity index (χ4n) is 3.47. The molecule has 1 fully saturated rings. The van der Waals surface area contributed by atoms with Crippen LogP contribution >= 0.6 is 0 Å². The number of aryl methyl sites for hydroxylation is 1. The van der Waals surface area contributed by atoms with E-state index in [0.29, 0.717) is 30.8 Å². The van der Waals surface area contributed by atoms with Gasteiger partial charge in [-0.3, -0.25) is 19.6 Å². The van der Waals surface area contributed by atoms with Crippen LogP contribution in [0.4, 0.5) is 0 Å². The summed E-state index contributed by atoms with van der Waals surface area (Å²) in [6.45, 7) is 4.87. The van der Waals surface area contributed by atoms with Crippen LogP contribution in [0.1, 0.15) is 41.0 Å². The van der Waals surface area contributed by atoms with E-state index in [1.165, 1.54) is 0 Å². The van der Waals surface area contributed by atoms with Crippen LogP contribution in [0.25, 0.3) is 0 Å². The van der Waals surface area contributed by atoms with E-state index in [2.05, 4.69) is 15.3 Å². The average molecular weight is 338 g/mol. The van der Waals surface area contributed by atoms with Crippen molar-refractivity contribution in [1.29, 1.82) is 0 Å². The third kappa shape index (κ3) is 3.52. The van der Waals surface area contributed by atoms with Crippen molar-refractivity contribution in [2.75, 3.05) is 13.1 Å². The summed E-state index contributed by atoms with van der Waals surface area (Å²) >= 11 is 0. The van der Waals surface area contributed by atoms with Crippen molar-refractivity contribution in [2.24, 2.45) is 5.92 Å². The van der Waals surface area contributed by atoms with Gasteiger partial charge in [0.1, 0.15) is 0 Å². The second-order valence-corrected chi connectivity index (χ2v) is 6.22. The first kappa shape index (κ1) is 17.1. The fourth-order valence-corrected chi connectivity index (χ4v) is 3.47. The van der Waals surface area contributed by atoms with Gasteiger partial charge in [-0.25, -0.2) is 0 Å². The number of nitrogens with one attached hydrogen (secondary N) is 1. The van der Waals surface area contributed by atoms with Crippen LogP contribution in [0.5, 0.6) is 0 Å². The second kappa shape index (κ2) is 7.42. The quantitative estimate of drug-likeness (QED) is 0.906. The summed E-state index contributed by atoms with van der Waals surface area (Å²) < 4.78 is 0. The summed E-state index contributed by atoms with van der Waals surface area (Å²) in [4.78, 5) is 35.0. The van der Waals surface area contributed by atoms with Crippen molar-refractivity contribution in [3.63, 3.8) is 0 Å². The van der Waals surface area contributed by atoms with Crippen molar-refractivity contribution in [1.82, 2.24) is 20.2 Å². The summed E-state index contributed by atoms with van der Waals surface area (Å²) in [5.41, 5.74) is 2.27. The maximum Gasteiger partial charge on any atom is 0.253 e. The van der Waals surface area contributed by atoms with Crippen LogP contribution in [0.3, 0.4) is 0 Å². The van der Waals surface area contributed by atoms with Crippen LogP contribution in [0, 0.1) is 12.8 Å². The van der Waals surface area contributed by atoms with Crippen molar-refractivity contribution >= 4 is 11.8 Å². The Labute approximate surface area is 147 Å². The zero-order chi connectivity index (χ0) is 17.8. The highest BCUT2D eigenvalue weighted by molar-refractivity contribution is 5.95. The molecule has 3 rings (SSSR count). The van der Waals surface area contributed by atoms with Gasteiger partial charge in [0.15, 0.2) is 0 Å². The van der Waals surface area contributed by atoms with Crippen LogP contribution in [0.15, 0.2) is 42.9 Å². The van der Waals surface area contributed by atoms with E-state index in [4.69, 9.17) is 0 Å². The fraction of sp³-hybridized carbons (Fsp3) is 0.368. The number of aromatic nitrogens is 2. The Kier molecular flexibility index (Phi) is 5.07. The van der Waals surface area contributed by atoms with Gasteiger partial charge in [0, 0.05) is 49.7 Å². The largest absolute Gasteiger partial charge is 0.352 e. The molecule has 3 heterocycles. The summed E-state index contributed by atoms with van der Waals surface area (Å²) in [7, 11) is 0. The minimum Gasteiger partial charge on any atom is -0.352 e. The van der Waals surface area contributed by atoms with Crippen molar-refractivity contribution in [2.45, 2.75) is 26.3 Å². The van der Waals surface area contributed by atoms with E-state index in [-0.39, 0.29) is 23.8 Å². The smallest absolute Gasteiger partial charge is 0.253 e. The Morgan fingerprint density at radius 3 is 2.80 bits per heavy atom. The molecule has 0 aliphatic carbocycles. The minimum atomic E-state index is -0.155. The average Bonchev–Trinajstić information content (AvgIpc) is 2.96. The molecule has 2 aromatic heterocycles. The van der Waals surface area contributed by atoms with Gasteiger partial charge in [-0.1, -0.05) is 6.07 Å². The highest BCUT2D eigenvalue weighted by Crippen LogP contribution is 2.37. The van der Waals surface area contributed by atoms with Crippen LogP contribution in [-0.2, 0) is 4.79 Å². The molecule has 0 unspecified atom stereocenters. The predicted molar refractivity (Wildman–Crippen MR) is 93.8 cm³/mol. The molecule has 6 nitrogen and oxygen atoms in total. The molecule has 1 N–H and O–H groups in total. The van der Waals surface area contributed by atoms with E-state index in [0.717, 1.165) is 5.56 Å². The Hall–Kier alpha value is -2.76. The Bertz CT molecular complexity index is 763. The van der Waals surface area contributed by atoms with E-state index in [1.807, 2.05) is 30.9 Å². The highest BCUT2D eigenvalue weighted by Gasteiger charge is 2.39. The lowest BCUT2D eigenvalue weighted by atomic mass is 9.94. The molecule has 0 aromatic carbocycles. The number of rotatable bonds is 5. The number of carbonyl (C=O) groups is 2. The molecule has 6 heteroatoms. The summed E-state index contributed by atoms with van der Waals surface area (Å²) in [6.07, 6.45) is 5.61. The van der Waals surface area contributed by atoms with Gasteiger partial charge in [-0.05, 0) is 37.6 Å². The molecule has 0 radical (unpaired) electrons. The second-order valence-electron chi connectivity index (χ2n) is 6.22. The molecule has 1 aliphatic rings. The monoisotopic (exact) mass is 338 g/mol. The maximum atomic E-state index is 12.4. The first-order chi connectivity index (χ1) is 12.1. The lowest BCUT2D eigenvalue weighted by Gasteiger charge is -2.27. The van der Waals surface area contributed by atoms with E-state index >= 15 is 0 Å². The van der Waals surface area contributed by atoms with Crippen molar-refractivity contribution in [3.05, 3.63) is 59.7 Å². The molecular weight excluding hydrogens is 316 g/mol. The normalized spacial score (nSPS) is 19.9. The summed E-state index contributed by atoms with van der Waals surface area (Å²) in [5, 5.41) is 2.97. The number of nitrogens with zero attached hydrogens (tertiary/aromatic N) is 3. The Morgan fingerprint density at radius 2 is 2.12 bits per heavy atom. The van der Waals surface area contributed by atoms with Gasteiger partial charge in [0.25, 0.3) is 5.91 Å². The van der Waals surface area contributed by atoms with E-state index < -0.39 is 0 Å². The topological polar surface area (TPSA) is 75.2 Å². The lowest BCUT2D eigenvalue weighted by Crippen LogP contribution is -2.34. The van der Waals surface area contributed by atoms with Crippen LogP contribution in [-0.4, -0.2) is 39.8 Å². The third-order valence-electron chi connectivity index (χ3n) is 4.68. The number of hydrogen-bond donors (Lipinski definition) is 1. The Balaban J connectivity index is 1.75. The lowest BCUT2D eigenvalue weighted by molar-refractivity contribution is -0.128. The number of pyridine rings is 2. The van der Waals surface area contributed by atoms with Crippen molar-refractivity contribution < 1.29 is 9.59 Å². The SMILES string of the molecule is CCN1C(=O)C[C@@H](CNC(=O)c2cccnc2C)[C@@H]1c1cccnc1. The van der Waals surface area contributed by atoms with Crippen LogP contribution < -0.4 is 5.32 Å². The van der Waals surface area contributed by atoms with Crippen LogP contribution in [0.2, 0.25) is 0 Å². The number of carbonyl (C=O) groups excluding carboxylic acids is 2. The molecule has 0 saturated carbocycles. The Morgan fingerprint density at radius 1 is 1.32 bits per heavy atom. The molecule has 2 atom stereocenters. The van der Waals surface area contributed by atoms with Gasteiger partial charge in [-0.2, -0.15) is 0 Å². The van der Waals surface area contributed by atoms with E-state index in [9.17, 15) is 9.59 Å². The molecule has 2 aromatic rings. The number of amides is 2. The first-order valence-electron chi connectivity index (χ1n) is 8.51. The third-order valence-corrected chi connectivity index (χ3v) is 4.68. The number of hydrogen-bond acceptors (Lipinski definition) is 4. The summed E-state index contributed by atoms with van der Waals surface area (Å²) in [6, 6.07) is 7.31. The summed E-state index contributed by atoms with van der Waals surface area (Å²) in [5.74, 6) is -0.0105. The van der Waals surface area contributed by atoms with Crippen molar-refractivity contribution in [3.8, 4) is 0 Å². The molecular formula is C19H22N4O2. The first-order valence-corrected chi connectivity index (χ1v) is 8.51. The zero-order valence-corrected chi connectivity index (χ0v) is 14.5. The van der Waals surface area contributed by atoms with Gasteiger partial charge < -0.3 is 10.2 Å². The van der Waals surface area contributed by atoms with Gasteiger partial charge in [0.2, 0.25) is 5.91 Å². The standard InChI is InChI=1S/C19H22N4O2/c1-3-23-17(24)10-15(18(23)14-6-4-8-20-11-14)12-22-19(25)16-7-5-9-21-13(16)2/h4-9,11,15,18H,3,10,12H2,1-2H3,(H,22,25)/t15-,18-/m0/s1. The number of likely N-dealkylation sites (tertiary alicyclic amines) is 1. The minimum absolute atomic E-state index is 0.0255. The molecule has 0 spiro atoms. The molecule has 1 saturated heterocycles. The maximum absolute atomic E-state index is 12.4. The predicted octanol–water partition coefficient (Wildman–Crippen LogP) is 2.12. The highest BCUT2D eigenvalue weighted by atomic mass is 16.2. The zero-order valence-electron chi connectivity index (χ0n) is 14.5. The van der Waals surface area contributed by atoms with Gasteiger partial charge in [-0.15, -0.1) is 0 Å². The molecule has 2 amide bonds. The molecule has 1 aliphatic heterocycles.